The van der Waals surface area contributed by atoms with E-state index in [9.17, 15) is 0 Å². The van der Waals surface area contributed by atoms with Crippen LogP contribution in [0, 0.1) is 11.8 Å². The van der Waals surface area contributed by atoms with E-state index >= 15 is 0 Å². The summed E-state index contributed by atoms with van der Waals surface area (Å²) in [7, 11) is 1.66. The molecule has 2 rings (SSSR count). The van der Waals surface area contributed by atoms with Gasteiger partial charge in [-0.25, -0.2) is 0 Å². The van der Waals surface area contributed by atoms with Crippen molar-refractivity contribution in [3.8, 4) is 5.75 Å². The number of nitrogens with two attached hydrogens (primary N) is 1. The monoisotopic (exact) mass is 318 g/mol. The molecule has 1 aromatic carbocycles. The van der Waals surface area contributed by atoms with Crippen molar-refractivity contribution < 1.29 is 4.74 Å². The molecule has 0 radical (unpaired) electrons. The lowest BCUT2D eigenvalue weighted by atomic mass is 9.97. The van der Waals surface area contributed by atoms with Gasteiger partial charge in [0.2, 0.25) is 0 Å². The fraction of sp³-hybridized carbons (Fsp3) is 0.611. The number of nitrogens with one attached hydrogen (secondary N) is 1. The van der Waals surface area contributed by atoms with Crippen molar-refractivity contribution in [2.75, 3.05) is 38.6 Å². The van der Waals surface area contributed by atoms with Crippen LogP contribution in [-0.4, -0.2) is 44.1 Å². The Labute approximate surface area is 139 Å². The zero-order valence-electron chi connectivity index (χ0n) is 14.6. The number of aliphatic imine (C=N–C) groups is 1. The first kappa shape index (κ1) is 17.6. The van der Waals surface area contributed by atoms with Crippen LogP contribution in [0.1, 0.15) is 26.7 Å². The van der Waals surface area contributed by atoms with Gasteiger partial charge in [0.05, 0.1) is 7.11 Å². The summed E-state index contributed by atoms with van der Waals surface area (Å²) in [6, 6.07) is 7.68. The lowest BCUT2D eigenvalue weighted by Gasteiger charge is -2.33. The second kappa shape index (κ2) is 8.77. The van der Waals surface area contributed by atoms with Gasteiger partial charge in [-0.1, -0.05) is 13.8 Å². The van der Waals surface area contributed by atoms with Gasteiger partial charge >= 0.3 is 0 Å². The van der Waals surface area contributed by atoms with E-state index in [0.717, 1.165) is 30.4 Å². The Balaban J connectivity index is 1.81. The number of likely N-dealkylation sites (tertiary alicyclic amines) is 1. The van der Waals surface area contributed by atoms with E-state index in [1.165, 1.54) is 25.9 Å². The van der Waals surface area contributed by atoms with E-state index in [4.69, 9.17) is 10.5 Å². The molecule has 1 saturated heterocycles. The van der Waals surface area contributed by atoms with Gasteiger partial charge in [0.1, 0.15) is 5.75 Å². The molecule has 0 bridgehead atoms. The number of rotatable bonds is 6. The Kier molecular flexibility index (Phi) is 6.71. The lowest BCUT2D eigenvalue weighted by molar-refractivity contribution is 0.162. The van der Waals surface area contributed by atoms with E-state index in [2.05, 4.69) is 29.1 Å². The van der Waals surface area contributed by atoms with Crippen molar-refractivity contribution in [1.29, 1.82) is 0 Å². The van der Waals surface area contributed by atoms with E-state index in [1.54, 1.807) is 7.11 Å². The Morgan fingerprint density at radius 1 is 1.39 bits per heavy atom. The van der Waals surface area contributed by atoms with Gasteiger partial charge in [0.25, 0.3) is 0 Å². The molecule has 1 unspecified atom stereocenters. The molecular weight excluding hydrogens is 288 g/mol. The number of hydrogen-bond acceptors (Lipinski definition) is 3. The molecule has 5 heteroatoms. The number of methoxy groups -OCH3 is 1. The summed E-state index contributed by atoms with van der Waals surface area (Å²) in [6.07, 6.45) is 2.51. The van der Waals surface area contributed by atoms with Gasteiger partial charge in [0, 0.05) is 25.3 Å². The van der Waals surface area contributed by atoms with Gasteiger partial charge in [-0.05, 0) is 55.5 Å². The fourth-order valence-corrected chi connectivity index (χ4v) is 3.07. The summed E-state index contributed by atoms with van der Waals surface area (Å²) in [5.74, 6) is 2.65. The highest BCUT2D eigenvalue weighted by molar-refractivity contribution is 5.92. The van der Waals surface area contributed by atoms with Crippen molar-refractivity contribution in [2.45, 2.75) is 26.7 Å². The predicted octanol–water partition coefficient (Wildman–Crippen LogP) is 2.79. The summed E-state index contributed by atoms with van der Waals surface area (Å²) in [5.41, 5.74) is 6.93. The first-order chi connectivity index (χ1) is 11.1. The maximum atomic E-state index is 6.00. The molecule has 1 heterocycles. The van der Waals surface area contributed by atoms with Gasteiger partial charge < -0.3 is 20.7 Å². The maximum absolute atomic E-state index is 6.00. The molecular formula is C18H30N4O. The second-order valence-corrected chi connectivity index (χ2v) is 6.74. The summed E-state index contributed by atoms with van der Waals surface area (Å²) in [4.78, 5) is 7.08. The summed E-state index contributed by atoms with van der Waals surface area (Å²) >= 11 is 0. The number of anilines is 1. The molecule has 1 aromatic rings. The predicted molar refractivity (Wildman–Crippen MR) is 97.1 cm³/mol. The highest BCUT2D eigenvalue weighted by Gasteiger charge is 2.20. The number of hydrogen-bond donors (Lipinski definition) is 2. The average molecular weight is 318 g/mol. The summed E-state index contributed by atoms with van der Waals surface area (Å²) in [5, 5.41) is 3.13. The van der Waals surface area contributed by atoms with Crippen LogP contribution in [0.15, 0.2) is 29.3 Å². The Morgan fingerprint density at radius 2 is 2.13 bits per heavy atom. The van der Waals surface area contributed by atoms with Crippen LogP contribution < -0.4 is 15.8 Å². The van der Waals surface area contributed by atoms with Crippen LogP contribution in [-0.2, 0) is 0 Å². The minimum atomic E-state index is 0.483. The fourth-order valence-electron chi connectivity index (χ4n) is 3.07. The largest absolute Gasteiger partial charge is 0.497 e. The average Bonchev–Trinajstić information content (AvgIpc) is 2.53. The molecule has 23 heavy (non-hydrogen) atoms. The van der Waals surface area contributed by atoms with Crippen molar-refractivity contribution in [2.24, 2.45) is 22.6 Å². The van der Waals surface area contributed by atoms with Crippen LogP contribution >= 0.6 is 0 Å². The number of guanidine groups is 1. The molecule has 1 aliphatic heterocycles. The van der Waals surface area contributed by atoms with Crippen LogP contribution in [0.3, 0.4) is 0 Å². The van der Waals surface area contributed by atoms with Crippen molar-refractivity contribution in [1.82, 2.24) is 4.90 Å². The summed E-state index contributed by atoms with van der Waals surface area (Å²) in [6.45, 7) is 8.88. The van der Waals surface area contributed by atoms with Crippen LogP contribution in [0.2, 0.25) is 0 Å². The summed E-state index contributed by atoms with van der Waals surface area (Å²) < 4.78 is 5.14. The lowest BCUT2D eigenvalue weighted by Crippen LogP contribution is -2.39. The number of ether oxygens (including phenoxy) is 1. The van der Waals surface area contributed by atoms with Gasteiger partial charge in [-0.2, -0.15) is 0 Å². The third kappa shape index (κ3) is 6.10. The van der Waals surface area contributed by atoms with E-state index in [1.807, 2.05) is 24.3 Å². The quantitative estimate of drug-likeness (QED) is 0.625. The van der Waals surface area contributed by atoms with Gasteiger partial charge in [-0.3, -0.25) is 4.99 Å². The highest BCUT2D eigenvalue weighted by atomic mass is 16.5. The minimum Gasteiger partial charge on any atom is -0.497 e. The smallest absolute Gasteiger partial charge is 0.193 e. The first-order valence-electron chi connectivity index (χ1n) is 8.50. The minimum absolute atomic E-state index is 0.483. The molecule has 0 spiro atoms. The van der Waals surface area contributed by atoms with E-state index in [0.29, 0.717) is 11.9 Å². The Hall–Kier alpha value is -1.75. The number of piperidine rings is 1. The molecule has 128 valence electrons. The third-order valence-electron chi connectivity index (χ3n) is 4.11. The zero-order chi connectivity index (χ0) is 16.7. The zero-order valence-corrected chi connectivity index (χ0v) is 14.6. The van der Waals surface area contributed by atoms with Crippen molar-refractivity contribution >= 4 is 11.6 Å². The highest BCUT2D eigenvalue weighted by Crippen LogP contribution is 2.18. The van der Waals surface area contributed by atoms with Gasteiger partial charge in [0.15, 0.2) is 5.96 Å². The molecule has 5 nitrogen and oxygen atoms in total. The molecule has 3 N–H and O–H groups in total. The normalized spacial score (nSPS) is 19.8. The van der Waals surface area contributed by atoms with E-state index < -0.39 is 0 Å². The molecule has 0 saturated carbocycles. The Bertz CT molecular complexity index is 498. The van der Waals surface area contributed by atoms with Crippen molar-refractivity contribution in [3.63, 3.8) is 0 Å². The topological polar surface area (TPSA) is 62.9 Å². The Morgan fingerprint density at radius 3 is 2.78 bits per heavy atom. The van der Waals surface area contributed by atoms with Crippen LogP contribution in [0.4, 0.5) is 5.69 Å². The third-order valence-corrected chi connectivity index (χ3v) is 4.11. The SMILES string of the molecule is COc1ccc(NC(N)=NCC2CCCN(CC(C)C)C2)cc1. The molecule has 1 atom stereocenters. The first-order valence-corrected chi connectivity index (χ1v) is 8.50. The van der Waals surface area contributed by atoms with Crippen LogP contribution in [0.25, 0.3) is 0 Å². The standard InChI is InChI=1S/C18H30N4O/c1-14(2)12-22-10-4-5-15(13-22)11-20-18(19)21-16-6-8-17(23-3)9-7-16/h6-9,14-15H,4-5,10-13H2,1-3H3,(H3,19,20,21). The van der Waals surface area contributed by atoms with E-state index in [-0.39, 0.29) is 0 Å². The van der Waals surface area contributed by atoms with Crippen LogP contribution in [0.5, 0.6) is 5.75 Å². The molecule has 1 aliphatic rings. The van der Waals surface area contributed by atoms with Gasteiger partial charge in [-0.15, -0.1) is 0 Å². The maximum Gasteiger partial charge on any atom is 0.193 e. The second-order valence-electron chi connectivity index (χ2n) is 6.74. The number of nitrogens with zero attached hydrogens (tertiary/aromatic N) is 2. The molecule has 0 aliphatic carbocycles. The van der Waals surface area contributed by atoms with Crippen molar-refractivity contribution in [3.05, 3.63) is 24.3 Å². The molecule has 0 aromatic heterocycles. The number of benzene rings is 1. The molecule has 0 amide bonds. The molecule has 1 fully saturated rings.